The zero-order valence-corrected chi connectivity index (χ0v) is 12.8. The van der Waals surface area contributed by atoms with Crippen molar-refractivity contribution >= 4 is 17.9 Å². The molecule has 0 spiro atoms. The fraction of sp³-hybridized carbons (Fsp3) is 0.375. The minimum Gasteiger partial charge on any atom is -0.385 e. The molecule has 0 aromatic heterocycles. The lowest BCUT2D eigenvalue weighted by Crippen LogP contribution is -2.36. The molecule has 1 aromatic rings. The van der Waals surface area contributed by atoms with Crippen molar-refractivity contribution in [1.29, 1.82) is 0 Å². The van der Waals surface area contributed by atoms with Gasteiger partial charge in [-0.2, -0.15) is 0 Å². The van der Waals surface area contributed by atoms with Gasteiger partial charge in [0.2, 0.25) is 5.91 Å². The molecule has 0 heterocycles. The van der Waals surface area contributed by atoms with E-state index in [9.17, 15) is 9.59 Å². The number of likely N-dealkylation sites (N-methyl/N-ethyl adjacent to an activating group) is 1. The first-order valence-corrected chi connectivity index (χ1v) is 6.83. The topological polar surface area (TPSA) is 58.6 Å². The standard InChI is InChI=1S/C16H22N2O3/c1-13(19)17-15(12-14-8-5-4-6-9-14)16(20)18(2)10-7-11-21-3/h4-6,8-9,12H,7,10-11H2,1-3H3,(H,17,19)/b15-12+. The molecule has 5 nitrogen and oxygen atoms in total. The van der Waals surface area contributed by atoms with E-state index in [0.717, 1.165) is 12.0 Å². The van der Waals surface area contributed by atoms with Gasteiger partial charge in [-0.3, -0.25) is 9.59 Å². The molecule has 0 unspecified atom stereocenters. The average molecular weight is 290 g/mol. The average Bonchev–Trinajstić information content (AvgIpc) is 2.46. The Morgan fingerprint density at radius 3 is 2.52 bits per heavy atom. The van der Waals surface area contributed by atoms with E-state index in [2.05, 4.69) is 5.32 Å². The summed E-state index contributed by atoms with van der Waals surface area (Å²) >= 11 is 0. The normalized spacial score (nSPS) is 11.1. The second kappa shape index (κ2) is 8.92. The molecule has 0 aliphatic rings. The van der Waals surface area contributed by atoms with Gasteiger partial charge in [0.1, 0.15) is 5.70 Å². The number of rotatable bonds is 7. The van der Waals surface area contributed by atoms with Crippen LogP contribution in [-0.4, -0.2) is 44.0 Å². The number of amides is 2. The van der Waals surface area contributed by atoms with Crippen molar-refractivity contribution in [2.45, 2.75) is 13.3 Å². The minimum atomic E-state index is -0.268. The molecule has 21 heavy (non-hydrogen) atoms. The van der Waals surface area contributed by atoms with Gasteiger partial charge in [0.15, 0.2) is 0 Å². The van der Waals surface area contributed by atoms with Crippen molar-refractivity contribution in [1.82, 2.24) is 10.2 Å². The number of carbonyl (C=O) groups is 2. The molecule has 0 saturated carbocycles. The van der Waals surface area contributed by atoms with Crippen LogP contribution in [0.5, 0.6) is 0 Å². The summed E-state index contributed by atoms with van der Waals surface area (Å²) in [5, 5.41) is 2.60. The molecule has 0 radical (unpaired) electrons. The molecule has 2 amide bonds. The van der Waals surface area contributed by atoms with E-state index in [1.165, 1.54) is 6.92 Å². The number of nitrogens with one attached hydrogen (secondary N) is 1. The summed E-state index contributed by atoms with van der Waals surface area (Å²) in [7, 11) is 3.33. The zero-order valence-electron chi connectivity index (χ0n) is 12.8. The lowest BCUT2D eigenvalue weighted by Gasteiger charge is -2.19. The van der Waals surface area contributed by atoms with Crippen LogP contribution < -0.4 is 5.32 Å². The first-order valence-electron chi connectivity index (χ1n) is 6.83. The van der Waals surface area contributed by atoms with Crippen LogP contribution in [-0.2, 0) is 14.3 Å². The molecule has 5 heteroatoms. The molecule has 0 aliphatic heterocycles. The molecule has 0 fully saturated rings. The van der Waals surface area contributed by atoms with Crippen molar-refractivity contribution in [3.8, 4) is 0 Å². The quantitative estimate of drug-likeness (QED) is 0.614. The smallest absolute Gasteiger partial charge is 0.270 e. The molecule has 0 atom stereocenters. The number of benzene rings is 1. The summed E-state index contributed by atoms with van der Waals surface area (Å²) in [6.45, 7) is 2.55. The van der Waals surface area contributed by atoms with Gasteiger partial charge in [-0.1, -0.05) is 30.3 Å². The molecule has 0 aliphatic carbocycles. The van der Waals surface area contributed by atoms with E-state index < -0.39 is 0 Å². The van der Waals surface area contributed by atoms with E-state index in [1.54, 1.807) is 25.1 Å². The number of carbonyl (C=O) groups excluding carboxylic acids is 2. The van der Waals surface area contributed by atoms with Crippen LogP contribution in [0.1, 0.15) is 18.9 Å². The highest BCUT2D eigenvalue weighted by atomic mass is 16.5. The van der Waals surface area contributed by atoms with Crippen LogP contribution in [0.3, 0.4) is 0 Å². The maximum absolute atomic E-state index is 12.4. The van der Waals surface area contributed by atoms with Gasteiger partial charge >= 0.3 is 0 Å². The molecule has 0 saturated heterocycles. The predicted molar refractivity (Wildman–Crippen MR) is 82.4 cm³/mol. The van der Waals surface area contributed by atoms with E-state index in [4.69, 9.17) is 4.74 Å². The summed E-state index contributed by atoms with van der Waals surface area (Å²) in [5.74, 6) is -0.485. The van der Waals surface area contributed by atoms with Gasteiger partial charge in [0.05, 0.1) is 0 Å². The highest BCUT2D eigenvalue weighted by molar-refractivity contribution is 6.00. The zero-order chi connectivity index (χ0) is 15.7. The SMILES string of the molecule is COCCCN(C)C(=O)/C(=C\c1ccccc1)NC(C)=O. The number of methoxy groups -OCH3 is 1. The van der Waals surface area contributed by atoms with Gasteiger partial charge in [-0.15, -0.1) is 0 Å². The van der Waals surface area contributed by atoms with Crippen molar-refractivity contribution in [2.75, 3.05) is 27.3 Å². The fourth-order valence-electron chi connectivity index (χ4n) is 1.81. The Morgan fingerprint density at radius 1 is 1.29 bits per heavy atom. The summed E-state index contributed by atoms with van der Waals surface area (Å²) in [4.78, 5) is 25.2. The monoisotopic (exact) mass is 290 g/mol. The number of nitrogens with zero attached hydrogens (tertiary/aromatic N) is 1. The third-order valence-corrected chi connectivity index (χ3v) is 2.84. The molecule has 0 bridgehead atoms. The lowest BCUT2D eigenvalue weighted by molar-refractivity contribution is -0.128. The van der Waals surface area contributed by atoms with Crippen LogP contribution in [0.4, 0.5) is 0 Å². The Bertz CT molecular complexity index is 498. The summed E-state index contributed by atoms with van der Waals surface area (Å²) in [6, 6.07) is 9.40. The van der Waals surface area contributed by atoms with Crippen LogP contribution in [0.2, 0.25) is 0 Å². The third kappa shape index (κ3) is 6.23. The van der Waals surface area contributed by atoms with Crippen molar-refractivity contribution in [3.63, 3.8) is 0 Å². The van der Waals surface area contributed by atoms with Gasteiger partial charge in [0.25, 0.3) is 5.91 Å². The molecule has 1 rings (SSSR count). The summed E-state index contributed by atoms with van der Waals surface area (Å²) < 4.78 is 4.97. The van der Waals surface area contributed by atoms with Crippen LogP contribution in [0.15, 0.2) is 36.0 Å². The summed E-state index contributed by atoms with van der Waals surface area (Å²) in [6.07, 6.45) is 2.42. The molecule has 1 aromatic carbocycles. The van der Waals surface area contributed by atoms with E-state index in [0.29, 0.717) is 13.2 Å². The van der Waals surface area contributed by atoms with E-state index >= 15 is 0 Å². The second-order valence-corrected chi connectivity index (χ2v) is 4.72. The maximum Gasteiger partial charge on any atom is 0.270 e. The maximum atomic E-state index is 12.4. The van der Waals surface area contributed by atoms with Gasteiger partial charge < -0.3 is 15.0 Å². The Balaban J connectivity index is 2.84. The predicted octanol–water partition coefficient (Wildman–Crippen LogP) is 1.66. The van der Waals surface area contributed by atoms with Crippen LogP contribution in [0.25, 0.3) is 6.08 Å². The number of hydrogen-bond donors (Lipinski definition) is 1. The minimum absolute atomic E-state index is 0.217. The number of ether oxygens (including phenoxy) is 1. The second-order valence-electron chi connectivity index (χ2n) is 4.72. The fourth-order valence-corrected chi connectivity index (χ4v) is 1.81. The van der Waals surface area contributed by atoms with Gasteiger partial charge in [-0.05, 0) is 18.1 Å². The third-order valence-electron chi connectivity index (χ3n) is 2.84. The first kappa shape index (κ1) is 16.9. The van der Waals surface area contributed by atoms with Crippen LogP contribution >= 0.6 is 0 Å². The first-order chi connectivity index (χ1) is 10.0. The Morgan fingerprint density at radius 2 is 1.95 bits per heavy atom. The molecule has 1 N–H and O–H groups in total. The van der Waals surface area contributed by atoms with Gasteiger partial charge in [0, 0.05) is 34.2 Å². The Labute approximate surface area is 125 Å². The molecular weight excluding hydrogens is 268 g/mol. The largest absolute Gasteiger partial charge is 0.385 e. The highest BCUT2D eigenvalue weighted by Gasteiger charge is 2.15. The molecular formula is C16H22N2O3. The van der Waals surface area contributed by atoms with Crippen molar-refractivity contribution in [2.24, 2.45) is 0 Å². The number of hydrogen-bond acceptors (Lipinski definition) is 3. The Hall–Kier alpha value is -2.14. The lowest BCUT2D eigenvalue weighted by atomic mass is 10.2. The summed E-state index contributed by atoms with van der Waals surface area (Å²) in [5.41, 5.74) is 1.13. The molecule has 114 valence electrons. The van der Waals surface area contributed by atoms with Gasteiger partial charge in [-0.25, -0.2) is 0 Å². The van der Waals surface area contributed by atoms with E-state index in [1.807, 2.05) is 30.3 Å². The van der Waals surface area contributed by atoms with E-state index in [-0.39, 0.29) is 17.5 Å². The van der Waals surface area contributed by atoms with Crippen LogP contribution in [0, 0.1) is 0 Å². The Kier molecular flexibility index (Phi) is 7.18. The van der Waals surface area contributed by atoms with Crippen molar-refractivity contribution in [3.05, 3.63) is 41.6 Å². The highest BCUT2D eigenvalue weighted by Crippen LogP contribution is 2.07. The van der Waals surface area contributed by atoms with Crippen molar-refractivity contribution < 1.29 is 14.3 Å².